The van der Waals surface area contributed by atoms with E-state index >= 15 is 0 Å². The predicted octanol–water partition coefficient (Wildman–Crippen LogP) is 4.29. The Balaban J connectivity index is 1.86. The highest BCUT2D eigenvalue weighted by Crippen LogP contribution is 2.18. The van der Waals surface area contributed by atoms with Crippen molar-refractivity contribution in [1.29, 1.82) is 0 Å². The van der Waals surface area contributed by atoms with Gasteiger partial charge < -0.3 is 24.8 Å². The van der Waals surface area contributed by atoms with Gasteiger partial charge in [0.05, 0.1) is 6.61 Å². The molecule has 0 aliphatic carbocycles. The van der Waals surface area contributed by atoms with Gasteiger partial charge in [-0.2, -0.15) is 0 Å². The van der Waals surface area contributed by atoms with Crippen molar-refractivity contribution in [2.24, 2.45) is 0 Å². The highest BCUT2D eigenvalue weighted by molar-refractivity contribution is 7.80. The van der Waals surface area contributed by atoms with Crippen LogP contribution >= 0.6 is 12.2 Å². The van der Waals surface area contributed by atoms with Crippen molar-refractivity contribution in [3.8, 4) is 0 Å². The second-order valence-corrected chi connectivity index (χ2v) is 8.55. The zero-order chi connectivity index (χ0) is 20.6. The van der Waals surface area contributed by atoms with E-state index in [1.165, 1.54) is 70.6 Å². The summed E-state index contributed by atoms with van der Waals surface area (Å²) in [6, 6.07) is 0. The van der Waals surface area contributed by atoms with Crippen molar-refractivity contribution >= 4 is 17.3 Å². The molecule has 4 atom stereocenters. The van der Waals surface area contributed by atoms with Crippen LogP contribution in [0.15, 0.2) is 0 Å². The lowest BCUT2D eigenvalue weighted by atomic mass is 10.0. The number of hydrogen-bond acceptors (Lipinski definition) is 6. The van der Waals surface area contributed by atoms with Crippen LogP contribution in [0.4, 0.5) is 0 Å². The molecule has 1 rings (SSSR count). The van der Waals surface area contributed by atoms with E-state index in [0.29, 0.717) is 5.05 Å². The minimum Gasteiger partial charge on any atom is -0.484 e. The maximum atomic E-state index is 9.99. The predicted molar refractivity (Wildman–Crippen MR) is 117 cm³/mol. The molecule has 0 saturated carbocycles. The highest BCUT2D eigenvalue weighted by atomic mass is 32.1. The summed E-state index contributed by atoms with van der Waals surface area (Å²) in [6.45, 7) is 2.29. The van der Waals surface area contributed by atoms with Crippen LogP contribution in [0.2, 0.25) is 0 Å². The number of aliphatic hydroxyl groups excluding tert-OH is 3. The highest BCUT2D eigenvalue weighted by Gasteiger charge is 2.39. The molecule has 0 bridgehead atoms. The molecule has 0 aromatic carbocycles. The molecule has 166 valence electrons. The molecular formula is C22H42O5S. The number of hydrogen-bond donors (Lipinski definition) is 3. The number of aliphatic hydroxyl groups is 3. The van der Waals surface area contributed by atoms with Crippen molar-refractivity contribution in [2.45, 2.75) is 121 Å². The molecule has 1 aliphatic heterocycles. The van der Waals surface area contributed by atoms with Gasteiger partial charge >= 0.3 is 0 Å². The second kappa shape index (κ2) is 16.5. The van der Waals surface area contributed by atoms with Gasteiger partial charge in [-0.05, 0) is 18.6 Å². The van der Waals surface area contributed by atoms with E-state index in [0.717, 1.165) is 19.3 Å². The van der Waals surface area contributed by atoms with E-state index in [1.54, 1.807) is 0 Å². The molecule has 0 aromatic heterocycles. The van der Waals surface area contributed by atoms with E-state index in [-0.39, 0.29) is 13.2 Å². The molecule has 3 N–H and O–H groups in total. The minimum atomic E-state index is -1.08. The van der Waals surface area contributed by atoms with Crippen molar-refractivity contribution in [1.82, 2.24) is 0 Å². The molecule has 1 fully saturated rings. The summed E-state index contributed by atoms with van der Waals surface area (Å²) in [4.78, 5) is 0. The lowest BCUT2D eigenvalue weighted by molar-refractivity contribution is -0.0663. The molecule has 1 heterocycles. The SMILES string of the molecule is CCCCCCCCCCCCCCCC(=S)OC[C@@H](O)[C@@H]1OC[C@H](O)[C@@H]1O. The summed E-state index contributed by atoms with van der Waals surface area (Å²) in [5, 5.41) is 29.6. The van der Waals surface area contributed by atoms with Gasteiger partial charge in [-0.15, -0.1) is 0 Å². The Morgan fingerprint density at radius 2 is 1.43 bits per heavy atom. The molecule has 0 aromatic rings. The first-order valence-electron chi connectivity index (χ1n) is 11.4. The molecule has 5 nitrogen and oxygen atoms in total. The molecular weight excluding hydrogens is 376 g/mol. The van der Waals surface area contributed by atoms with E-state index in [4.69, 9.17) is 21.7 Å². The van der Waals surface area contributed by atoms with Crippen LogP contribution in [0.3, 0.4) is 0 Å². The molecule has 1 saturated heterocycles. The van der Waals surface area contributed by atoms with Crippen LogP contribution in [0.5, 0.6) is 0 Å². The maximum Gasteiger partial charge on any atom is 0.159 e. The molecule has 0 spiro atoms. The van der Waals surface area contributed by atoms with Crippen molar-refractivity contribution in [3.63, 3.8) is 0 Å². The Hall–Kier alpha value is -0.270. The van der Waals surface area contributed by atoms with E-state index in [9.17, 15) is 15.3 Å². The van der Waals surface area contributed by atoms with Crippen LogP contribution in [0.25, 0.3) is 0 Å². The van der Waals surface area contributed by atoms with Crippen LogP contribution in [0.1, 0.15) is 96.8 Å². The maximum absolute atomic E-state index is 9.99. The second-order valence-electron chi connectivity index (χ2n) is 8.10. The topological polar surface area (TPSA) is 79.2 Å². The first-order chi connectivity index (χ1) is 13.6. The fraction of sp³-hybridized carbons (Fsp3) is 0.955. The van der Waals surface area contributed by atoms with Gasteiger partial charge in [0.2, 0.25) is 0 Å². The first kappa shape index (κ1) is 25.8. The molecule has 0 amide bonds. The van der Waals surface area contributed by atoms with E-state index in [1.807, 2.05) is 0 Å². The van der Waals surface area contributed by atoms with Crippen LogP contribution in [-0.4, -0.2) is 58.0 Å². The molecule has 0 radical (unpaired) electrons. The summed E-state index contributed by atoms with van der Waals surface area (Å²) in [5.74, 6) is 0. The van der Waals surface area contributed by atoms with Gasteiger partial charge in [0.1, 0.15) is 31.0 Å². The molecule has 28 heavy (non-hydrogen) atoms. The number of rotatable bonds is 17. The standard InChI is InChI=1S/C22H42O5S/c1-2-3-4-5-6-7-8-9-10-11-12-13-14-15-20(28)26-17-19(24)22-21(25)18(23)16-27-22/h18-19,21-25H,2-17H2,1H3/t18-,19+,21-,22-/m0/s1. The fourth-order valence-corrected chi connectivity index (χ4v) is 3.81. The van der Waals surface area contributed by atoms with Crippen molar-refractivity contribution in [3.05, 3.63) is 0 Å². The lowest BCUT2D eigenvalue weighted by Gasteiger charge is -2.21. The Kier molecular flexibility index (Phi) is 15.2. The van der Waals surface area contributed by atoms with Gasteiger partial charge in [0, 0.05) is 6.42 Å². The minimum absolute atomic E-state index is 0.00821. The Labute approximate surface area is 176 Å². The quantitative estimate of drug-likeness (QED) is 0.241. The Bertz CT molecular complexity index is 393. The lowest BCUT2D eigenvalue weighted by Crippen LogP contribution is -2.41. The zero-order valence-corrected chi connectivity index (χ0v) is 18.5. The Morgan fingerprint density at radius 3 is 1.89 bits per heavy atom. The summed E-state index contributed by atoms with van der Waals surface area (Å²) in [7, 11) is 0. The van der Waals surface area contributed by atoms with Gasteiger partial charge in [-0.25, -0.2) is 0 Å². The van der Waals surface area contributed by atoms with Gasteiger partial charge in [-0.3, -0.25) is 0 Å². The largest absolute Gasteiger partial charge is 0.484 e. The smallest absolute Gasteiger partial charge is 0.159 e. The average Bonchev–Trinajstić information content (AvgIpc) is 3.02. The monoisotopic (exact) mass is 418 g/mol. The first-order valence-corrected chi connectivity index (χ1v) is 11.8. The van der Waals surface area contributed by atoms with Crippen molar-refractivity contribution < 1.29 is 24.8 Å². The summed E-state index contributed by atoms with van der Waals surface area (Å²) in [6.07, 6.45) is 14.0. The van der Waals surface area contributed by atoms with Crippen LogP contribution in [0, 0.1) is 0 Å². The van der Waals surface area contributed by atoms with Crippen LogP contribution < -0.4 is 0 Å². The van der Waals surface area contributed by atoms with E-state index < -0.39 is 24.4 Å². The van der Waals surface area contributed by atoms with Gasteiger partial charge in [-0.1, -0.05) is 84.0 Å². The van der Waals surface area contributed by atoms with Gasteiger partial charge in [0.25, 0.3) is 0 Å². The summed E-state index contributed by atoms with van der Waals surface area (Å²) in [5.41, 5.74) is 0. The number of thiocarbonyl (C=S) groups is 1. The summed E-state index contributed by atoms with van der Waals surface area (Å²) >= 11 is 5.20. The Morgan fingerprint density at radius 1 is 0.929 bits per heavy atom. The average molecular weight is 419 g/mol. The fourth-order valence-electron chi connectivity index (χ4n) is 3.60. The molecule has 6 heteroatoms. The third kappa shape index (κ3) is 11.7. The van der Waals surface area contributed by atoms with Gasteiger partial charge in [0.15, 0.2) is 5.05 Å². The van der Waals surface area contributed by atoms with Crippen LogP contribution in [-0.2, 0) is 9.47 Å². The zero-order valence-electron chi connectivity index (χ0n) is 17.7. The summed E-state index contributed by atoms with van der Waals surface area (Å²) < 4.78 is 10.6. The number of unbranched alkanes of at least 4 members (excludes halogenated alkanes) is 12. The van der Waals surface area contributed by atoms with E-state index in [2.05, 4.69) is 6.92 Å². The van der Waals surface area contributed by atoms with Crippen molar-refractivity contribution in [2.75, 3.05) is 13.2 Å². The number of ether oxygens (including phenoxy) is 2. The third-order valence-electron chi connectivity index (χ3n) is 5.47. The molecule has 1 aliphatic rings. The normalized spacial score (nSPS) is 23.1. The molecule has 0 unspecified atom stereocenters. The third-order valence-corrected chi connectivity index (χ3v) is 5.79.